The molecule has 0 saturated carbocycles. The van der Waals surface area contributed by atoms with E-state index in [2.05, 4.69) is 5.32 Å². The van der Waals surface area contributed by atoms with Gasteiger partial charge in [0.05, 0.1) is 0 Å². The van der Waals surface area contributed by atoms with Crippen LogP contribution in [0.15, 0.2) is 18.2 Å². The number of hydrogen-bond acceptors (Lipinski definition) is 5. The van der Waals surface area contributed by atoms with E-state index in [-0.39, 0.29) is 6.09 Å². The SMILES string of the molecule is CC(C)(C)OC(=O)N1CCCC(Nc2ccc3c(c2)OCCO3)CC1. The van der Waals surface area contributed by atoms with E-state index in [0.717, 1.165) is 43.0 Å². The Balaban J connectivity index is 1.55. The molecular weight excluding hydrogens is 320 g/mol. The summed E-state index contributed by atoms with van der Waals surface area (Å²) < 4.78 is 16.7. The van der Waals surface area contributed by atoms with Crippen LogP contribution in [0.5, 0.6) is 11.5 Å². The van der Waals surface area contributed by atoms with Crippen LogP contribution in [0.25, 0.3) is 0 Å². The van der Waals surface area contributed by atoms with Crippen LogP contribution in [-0.4, -0.2) is 48.9 Å². The average Bonchev–Trinajstić information content (AvgIpc) is 2.79. The van der Waals surface area contributed by atoms with E-state index in [1.165, 1.54) is 0 Å². The highest BCUT2D eigenvalue weighted by Crippen LogP contribution is 2.33. The van der Waals surface area contributed by atoms with E-state index >= 15 is 0 Å². The minimum Gasteiger partial charge on any atom is -0.486 e. The number of carbonyl (C=O) groups excluding carboxylic acids is 1. The van der Waals surface area contributed by atoms with Crippen LogP contribution in [0, 0.1) is 0 Å². The number of ether oxygens (including phenoxy) is 3. The van der Waals surface area contributed by atoms with E-state index in [1.54, 1.807) is 0 Å². The van der Waals surface area contributed by atoms with Gasteiger partial charge in [-0.2, -0.15) is 0 Å². The Morgan fingerprint density at radius 2 is 1.92 bits per heavy atom. The van der Waals surface area contributed by atoms with Crippen molar-refractivity contribution in [3.8, 4) is 11.5 Å². The monoisotopic (exact) mass is 348 g/mol. The number of benzene rings is 1. The first kappa shape index (κ1) is 17.7. The zero-order chi connectivity index (χ0) is 17.9. The summed E-state index contributed by atoms with van der Waals surface area (Å²) in [4.78, 5) is 14.1. The van der Waals surface area contributed by atoms with Crippen molar-refractivity contribution in [3.63, 3.8) is 0 Å². The molecular formula is C19H28N2O4. The predicted molar refractivity (Wildman–Crippen MR) is 96.5 cm³/mol. The third kappa shape index (κ3) is 4.94. The van der Waals surface area contributed by atoms with Crippen molar-refractivity contribution in [2.75, 3.05) is 31.6 Å². The van der Waals surface area contributed by atoms with Crippen LogP contribution in [0.1, 0.15) is 40.0 Å². The average molecular weight is 348 g/mol. The van der Waals surface area contributed by atoms with Gasteiger partial charge in [-0.3, -0.25) is 0 Å². The number of nitrogens with one attached hydrogen (secondary N) is 1. The lowest BCUT2D eigenvalue weighted by Crippen LogP contribution is -2.37. The molecule has 1 N–H and O–H groups in total. The molecule has 0 radical (unpaired) electrons. The Morgan fingerprint density at radius 1 is 1.16 bits per heavy atom. The molecule has 2 heterocycles. The lowest BCUT2D eigenvalue weighted by atomic mass is 10.1. The molecule has 0 spiro atoms. The molecule has 25 heavy (non-hydrogen) atoms. The van der Waals surface area contributed by atoms with Crippen molar-refractivity contribution in [1.29, 1.82) is 0 Å². The van der Waals surface area contributed by atoms with Crippen molar-refractivity contribution < 1.29 is 19.0 Å². The molecule has 1 fully saturated rings. The van der Waals surface area contributed by atoms with Gasteiger partial charge in [0.15, 0.2) is 11.5 Å². The number of rotatable bonds is 2. The quantitative estimate of drug-likeness (QED) is 0.884. The van der Waals surface area contributed by atoms with Crippen LogP contribution in [-0.2, 0) is 4.74 Å². The van der Waals surface area contributed by atoms with Gasteiger partial charge < -0.3 is 24.4 Å². The summed E-state index contributed by atoms with van der Waals surface area (Å²) in [7, 11) is 0. The Labute approximate surface area is 149 Å². The first-order chi connectivity index (χ1) is 11.9. The second-order valence-electron chi connectivity index (χ2n) is 7.60. The molecule has 0 bridgehead atoms. The maximum atomic E-state index is 12.2. The van der Waals surface area contributed by atoms with Crippen molar-refractivity contribution in [2.45, 2.75) is 51.7 Å². The molecule has 6 heteroatoms. The van der Waals surface area contributed by atoms with Crippen LogP contribution in [0.3, 0.4) is 0 Å². The third-order valence-corrected chi connectivity index (χ3v) is 4.29. The van der Waals surface area contributed by atoms with Crippen LogP contribution in [0.2, 0.25) is 0 Å². The van der Waals surface area contributed by atoms with Gasteiger partial charge in [0.25, 0.3) is 0 Å². The summed E-state index contributed by atoms with van der Waals surface area (Å²) >= 11 is 0. The Bertz CT molecular complexity index is 612. The zero-order valence-corrected chi connectivity index (χ0v) is 15.3. The molecule has 3 rings (SSSR count). The Kier molecular flexibility index (Phi) is 5.25. The second kappa shape index (κ2) is 7.42. The summed E-state index contributed by atoms with van der Waals surface area (Å²) in [6.45, 7) is 8.33. The van der Waals surface area contributed by atoms with Gasteiger partial charge in [0.1, 0.15) is 18.8 Å². The third-order valence-electron chi connectivity index (χ3n) is 4.29. The first-order valence-corrected chi connectivity index (χ1v) is 9.05. The van der Waals surface area contributed by atoms with Gasteiger partial charge in [0.2, 0.25) is 0 Å². The van der Waals surface area contributed by atoms with Gasteiger partial charge in [-0.25, -0.2) is 4.79 Å². The smallest absolute Gasteiger partial charge is 0.410 e. The van der Waals surface area contributed by atoms with Crippen molar-refractivity contribution in [3.05, 3.63) is 18.2 Å². The maximum absolute atomic E-state index is 12.2. The topological polar surface area (TPSA) is 60.0 Å². The summed E-state index contributed by atoms with van der Waals surface area (Å²) in [6, 6.07) is 6.28. The fraction of sp³-hybridized carbons (Fsp3) is 0.632. The lowest BCUT2D eigenvalue weighted by molar-refractivity contribution is 0.0256. The van der Waals surface area contributed by atoms with E-state index in [1.807, 2.05) is 43.9 Å². The number of fused-ring (bicyclic) bond motifs is 1. The van der Waals surface area contributed by atoms with E-state index < -0.39 is 5.60 Å². The Hall–Kier alpha value is -2.11. The molecule has 1 unspecified atom stereocenters. The number of carbonyl (C=O) groups is 1. The number of amides is 1. The first-order valence-electron chi connectivity index (χ1n) is 9.05. The molecule has 0 aromatic heterocycles. The number of likely N-dealkylation sites (tertiary alicyclic amines) is 1. The summed E-state index contributed by atoms with van der Waals surface area (Å²) in [5, 5.41) is 3.56. The summed E-state index contributed by atoms with van der Waals surface area (Å²) in [6.07, 6.45) is 2.66. The van der Waals surface area contributed by atoms with E-state index in [9.17, 15) is 4.79 Å². The number of hydrogen-bond donors (Lipinski definition) is 1. The van der Waals surface area contributed by atoms with Crippen molar-refractivity contribution in [1.82, 2.24) is 4.90 Å². The van der Waals surface area contributed by atoms with Crippen LogP contribution >= 0.6 is 0 Å². The fourth-order valence-electron chi connectivity index (χ4n) is 3.12. The number of anilines is 1. The molecule has 1 aromatic rings. The molecule has 1 amide bonds. The largest absolute Gasteiger partial charge is 0.486 e. The molecule has 1 saturated heterocycles. The maximum Gasteiger partial charge on any atom is 0.410 e. The lowest BCUT2D eigenvalue weighted by Gasteiger charge is -2.26. The fourth-order valence-corrected chi connectivity index (χ4v) is 3.12. The van der Waals surface area contributed by atoms with Gasteiger partial charge in [0, 0.05) is 30.9 Å². The van der Waals surface area contributed by atoms with Crippen molar-refractivity contribution >= 4 is 11.8 Å². The van der Waals surface area contributed by atoms with Crippen LogP contribution in [0.4, 0.5) is 10.5 Å². The predicted octanol–water partition coefficient (Wildman–Crippen LogP) is 3.66. The van der Waals surface area contributed by atoms with Crippen LogP contribution < -0.4 is 14.8 Å². The highest BCUT2D eigenvalue weighted by molar-refractivity contribution is 5.68. The minimum absolute atomic E-state index is 0.215. The van der Waals surface area contributed by atoms with Crippen molar-refractivity contribution in [2.24, 2.45) is 0 Å². The number of nitrogens with zero attached hydrogens (tertiary/aromatic N) is 1. The minimum atomic E-state index is -0.452. The second-order valence-corrected chi connectivity index (χ2v) is 7.60. The normalized spacial score (nSPS) is 20.6. The molecule has 138 valence electrons. The summed E-state index contributed by atoms with van der Waals surface area (Å²) in [5.41, 5.74) is 0.576. The molecule has 1 aromatic carbocycles. The van der Waals surface area contributed by atoms with Gasteiger partial charge in [-0.15, -0.1) is 0 Å². The molecule has 6 nitrogen and oxygen atoms in total. The highest BCUT2D eigenvalue weighted by atomic mass is 16.6. The molecule has 0 aliphatic carbocycles. The summed E-state index contributed by atoms with van der Waals surface area (Å²) in [5.74, 6) is 1.59. The van der Waals surface area contributed by atoms with E-state index in [0.29, 0.717) is 25.8 Å². The van der Waals surface area contributed by atoms with Gasteiger partial charge in [-0.1, -0.05) is 0 Å². The van der Waals surface area contributed by atoms with Gasteiger partial charge in [-0.05, 0) is 52.2 Å². The molecule has 1 atom stereocenters. The Morgan fingerprint density at radius 3 is 2.68 bits per heavy atom. The highest BCUT2D eigenvalue weighted by Gasteiger charge is 2.25. The van der Waals surface area contributed by atoms with E-state index in [4.69, 9.17) is 14.2 Å². The molecule has 2 aliphatic heterocycles. The van der Waals surface area contributed by atoms with Gasteiger partial charge >= 0.3 is 6.09 Å². The molecule has 2 aliphatic rings. The standard InChI is InChI=1S/C19H28N2O4/c1-19(2,3)25-18(22)21-9-4-5-14(8-10-21)20-15-6-7-16-17(13-15)24-12-11-23-16/h6-7,13-14,20H,4-5,8-12H2,1-3H3. The zero-order valence-electron chi connectivity index (χ0n) is 15.3.